The number of likely N-dealkylation sites (tertiary alicyclic amines) is 1. The van der Waals surface area contributed by atoms with E-state index in [2.05, 4.69) is 15.5 Å². The standard InChI is InChI=1S/C21H29N3O3/c1-14-4-6-15(7-5-14)21(26)22-10-8-17(25)23-18-16-9-13-27-20(16)19(18)24-11-2-3-12-24/h4-7,16,18-20H,2-3,8-13H2,1H3,(H,22,26)(H,23,25)/t16-,18+,19-,20-/m1/s1. The number of fused-ring (bicyclic) bond motifs is 1. The van der Waals surface area contributed by atoms with Crippen LogP contribution in [0.2, 0.25) is 0 Å². The van der Waals surface area contributed by atoms with Gasteiger partial charge in [-0.25, -0.2) is 0 Å². The SMILES string of the molecule is Cc1ccc(C(=O)NCCC(=O)N[C@H]2[C@H]3CCO[C@H]3[C@@H]2N2CCCC2)cc1. The fourth-order valence-corrected chi connectivity index (χ4v) is 4.70. The van der Waals surface area contributed by atoms with E-state index in [9.17, 15) is 9.59 Å². The number of hydrogen-bond acceptors (Lipinski definition) is 4. The number of amides is 2. The monoisotopic (exact) mass is 371 g/mol. The van der Waals surface area contributed by atoms with Crippen molar-refractivity contribution in [3.8, 4) is 0 Å². The summed E-state index contributed by atoms with van der Waals surface area (Å²) >= 11 is 0. The van der Waals surface area contributed by atoms with E-state index in [-0.39, 0.29) is 24.0 Å². The fourth-order valence-electron chi connectivity index (χ4n) is 4.70. The Hall–Kier alpha value is -1.92. The van der Waals surface area contributed by atoms with Gasteiger partial charge in [-0.1, -0.05) is 17.7 Å². The maximum atomic E-state index is 12.4. The van der Waals surface area contributed by atoms with E-state index in [1.54, 1.807) is 12.1 Å². The van der Waals surface area contributed by atoms with Gasteiger partial charge in [0.1, 0.15) is 0 Å². The first-order chi connectivity index (χ1) is 13.1. The Labute approximate surface area is 160 Å². The summed E-state index contributed by atoms with van der Waals surface area (Å²) in [5.74, 6) is 0.325. The zero-order chi connectivity index (χ0) is 18.8. The van der Waals surface area contributed by atoms with Gasteiger partial charge in [0.25, 0.3) is 5.91 Å². The topological polar surface area (TPSA) is 70.7 Å². The van der Waals surface area contributed by atoms with Crippen molar-refractivity contribution in [2.75, 3.05) is 26.2 Å². The smallest absolute Gasteiger partial charge is 0.251 e. The number of nitrogens with zero attached hydrogens (tertiary/aromatic N) is 1. The highest BCUT2D eigenvalue weighted by molar-refractivity contribution is 5.94. The average Bonchev–Trinajstić information content (AvgIpc) is 3.31. The first kappa shape index (κ1) is 18.4. The molecule has 0 unspecified atom stereocenters. The second-order valence-corrected chi connectivity index (χ2v) is 7.99. The lowest BCUT2D eigenvalue weighted by Gasteiger charge is -2.51. The molecule has 3 fully saturated rings. The molecule has 2 saturated heterocycles. The van der Waals surface area contributed by atoms with Gasteiger partial charge in [0.05, 0.1) is 18.2 Å². The highest BCUT2D eigenvalue weighted by Gasteiger charge is 2.56. The molecule has 1 aliphatic carbocycles. The third-order valence-electron chi connectivity index (χ3n) is 6.19. The molecule has 2 amide bonds. The number of hydrogen-bond donors (Lipinski definition) is 2. The number of carbonyl (C=O) groups is 2. The van der Waals surface area contributed by atoms with Gasteiger partial charge >= 0.3 is 0 Å². The van der Waals surface area contributed by atoms with Gasteiger partial charge in [0, 0.05) is 31.1 Å². The van der Waals surface area contributed by atoms with Gasteiger partial charge < -0.3 is 15.4 Å². The van der Waals surface area contributed by atoms with Crippen molar-refractivity contribution in [2.24, 2.45) is 5.92 Å². The molecular formula is C21H29N3O3. The molecule has 3 aliphatic rings. The van der Waals surface area contributed by atoms with Gasteiger partial charge in [0.2, 0.25) is 5.91 Å². The lowest BCUT2D eigenvalue weighted by molar-refractivity contribution is -0.128. The maximum absolute atomic E-state index is 12.4. The number of carbonyl (C=O) groups excluding carboxylic acids is 2. The third-order valence-corrected chi connectivity index (χ3v) is 6.19. The molecule has 1 saturated carbocycles. The minimum absolute atomic E-state index is 0.0127. The molecule has 0 spiro atoms. The van der Waals surface area contributed by atoms with E-state index in [1.165, 1.54) is 12.8 Å². The lowest BCUT2D eigenvalue weighted by atomic mass is 9.70. The number of rotatable bonds is 6. The molecule has 6 nitrogen and oxygen atoms in total. The Morgan fingerprint density at radius 2 is 1.93 bits per heavy atom. The molecule has 0 bridgehead atoms. The zero-order valence-corrected chi connectivity index (χ0v) is 15.9. The van der Waals surface area contributed by atoms with Crippen LogP contribution in [0.4, 0.5) is 0 Å². The molecule has 0 radical (unpaired) electrons. The van der Waals surface area contributed by atoms with Crippen LogP contribution in [0.5, 0.6) is 0 Å². The highest BCUT2D eigenvalue weighted by atomic mass is 16.5. The number of ether oxygens (including phenoxy) is 1. The van der Waals surface area contributed by atoms with Gasteiger partial charge in [-0.2, -0.15) is 0 Å². The molecule has 1 aromatic rings. The highest BCUT2D eigenvalue weighted by Crippen LogP contribution is 2.42. The van der Waals surface area contributed by atoms with Crippen LogP contribution < -0.4 is 10.6 Å². The van der Waals surface area contributed by atoms with E-state index in [0.29, 0.717) is 30.5 Å². The number of aryl methyl sites for hydroxylation is 1. The van der Waals surface area contributed by atoms with Crippen molar-refractivity contribution >= 4 is 11.8 Å². The van der Waals surface area contributed by atoms with Crippen LogP contribution in [-0.2, 0) is 9.53 Å². The normalized spacial score (nSPS) is 29.8. The van der Waals surface area contributed by atoms with Crippen LogP contribution in [0, 0.1) is 12.8 Å². The molecule has 0 aromatic heterocycles. The summed E-state index contributed by atoms with van der Waals surface area (Å²) in [5.41, 5.74) is 1.74. The molecule has 2 aliphatic heterocycles. The van der Waals surface area contributed by atoms with Crippen LogP contribution in [0.15, 0.2) is 24.3 Å². The van der Waals surface area contributed by atoms with Crippen LogP contribution in [0.25, 0.3) is 0 Å². The average molecular weight is 371 g/mol. The molecule has 4 atom stereocenters. The zero-order valence-electron chi connectivity index (χ0n) is 15.9. The predicted molar refractivity (Wildman–Crippen MR) is 103 cm³/mol. The van der Waals surface area contributed by atoms with Crippen molar-refractivity contribution in [2.45, 2.75) is 50.8 Å². The summed E-state index contributed by atoms with van der Waals surface area (Å²) in [5, 5.41) is 6.06. The Kier molecular flexibility index (Phi) is 5.45. The van der Waals surface area contributed by atoms with E-state index >= 15 is 0 Å². The van der Waals surface area contributed by atoms with Crippen LogP contribution in [0.1, 0.15) is 41.6 Å². The fraction of sp³-hybridized carbons (Fsp3) is 0.619. The minimum Gasteiger partial charge on any atom is -0.376 e. The van der Waals surface area contributed by atoms with Crippen LogP contribution in [-0.4, -0.2) is 61.1 Å². The quantitative estimate of drug-likeness (QED) is 0.795. The molecule has 27 heavy (non-hydrogen) atoms. The Balaban J connectivity index is 1.25. The summed E-state index contributed by atoms with van der Waals surface area (Å²) in [6.07, 6.45) is 4.09. The second kappa shape index (κ2) is 7.98. The molecule has 6 heteroatoms. The van der Waals surface area contributed by atoms with Crippen LogP contribution in [0.3, 0.4) is 0 Å². The molecule has 146 valence electrons. The molecule has 4 rings (SSSR count). The number of benzene rings is 1. The van der Waals surface area contributed by atoms with E-state index < -0.39 is 0 Å². The van der Waals surface area contributed by atoms with Gasteiger partial charge in [-0.15, -0.1) is 0 Å². The van der Waals surface area contributed by atoms with Gasteiger partial charge in [0.15, 0.2) is 0 Å². The van der Waals surface area contributed by atoms with Gasteiger partial charge in [-0.3, -0.25) is 14.5 Å². The Bertz CT molecular complexity index is 680. The molecule has 1 aromatic carbocycles. The third kappa shape index (κ3) is 3.87. The van der Waals surface area contributed by atoms with E-state index in [0.717, 1.165) is 31.7 Å². The summed E-state index contributed by atoms with van der Waals surface area (Å²) < 4.78 is 5.91. The summed E-state index contributed by atoms with van der Waals surface area (Å²) in [4.78, 5) is 27.1. The Morgan fingerprint density at radius 3 is 2.67 bits per heavy atom. The molecular weight excluding hydrogens is 342 g/mol. The summed E-state index contributed by atoms with van der Waals surface area (Å²) in [6, 6.07) is 7.95. The van der Waals surface area contributed by atoms with Crippen molar-refractivity contribution in [1.29, 1.82) is 0 Å². The van der Waals surface area contributed by atoms with Crippen molar-refractivity contribution < 1.29 is 14.3 Å². The molecule has 2 N–H and O–H groups in total. The minimum atomic E-state index is -0.134. The first-order valence-electron chi connectivity index (χ1n) is 10.1. The number of nitrogens with one attached hydrogen (secondary N) is 2. The maximum Gasteiger partial charge on any atom is 0.251 e. The van der Waals surface area contributed by atoms with Crippen molar-refractivity contribution in [3.05, 3.63) is 35.4 Å². The van der Waals surface area contributed by atoms with Crippen LogP contribution >= 0.6 is 0 Å². The van der Waals surface area contributed by atoms with Gasteiger partial charge in [-0.05, 0) is 51.4 Å². The first-order valence-corrected chi connectivity index (χ1v) is 10.1. The van der Waals surface area contributed by atoms with E-state index in [1.807, 2.05) is 19.1 Å². The molecule has 2 heterocycles. The van der Waals surface area contributed by atoms with E-state index in [4.69, 9.17) is 4.74 Å². The van der Waals surface area contributed by atoms with Crippen molar-refractivity contribution in [1.82, 2.24) is 15.5 Å². The van der Waals surface area contributed by atoms with Crippen molar-refractivity contribution in [3.63, 3.8) is 0 Å². The predicted octanol–water partition coefficient (Wildman–Crippen LogP) is 1.48. The lowest BCUT2D eigenvalue weighted by Crippen LogP contribution is -2.70. The largest absolute Gasteiger partial charge is 0.376 e. The Morgan fingerprint density at radius 1 is 1.19 bits per heavy atom. The second-order valence-electron chi connectivity index (χ2n) is 7.99. The summed E-state index contributed by atoms with van der Waals surface area (Å²) in [7, 11) is 0. The summed E-state index contributed by atoms with van der Waals surface area (Å²) in [6.45, 7) is 5.36.